The van der Waals surface area contributed by atoms with Crippen LogP contribution in [-0.4, -0.2) is 11.2 Å². The average molecular weight is 126 g/mol. The van der Waals surface area contributed by atoms with Crippen molar-refractivity contribution in [1.29, 1.82) is 0 Å². The van der Waals surface area contributed by atoms with E-state index in [1.54, 1.807) is 0 Å². The molecule has 2 fully saturated rings. The molecule has 52 valence electrons. The van der Waals surface area contributed by atoms with Crippen molar-refractivity contribution >= 4 is 0 Å². The summed E-state index contributed by atoms with van der Waals surface area (Å²) in [6.07, 6.45) is 6.28. The molecule has 0 bridgehead atoms. The predicted octanol–water partition coefficient (Wildman–Crippen LogP) is 1.56. The van der Waals surface area contributed by atoms with Gasteiger partial charge in [-0.25, -0.2) is 0 Å². The quantitative estimate of drug-likeness (QED) is 0.522. The SMILES string of the molecule is O[C@H]1CCC[C@@H]2C[C@@H]2C1. The van der Waals surface area contributed by atoms with Gasteiger partial charge in [-0.05, 0) is 31.1 Å². The maximum absolute atomic E-state index is 9.29. The smallest absolute Gasteiger partial charge is 0.0543 e. The van der Waals surface area contributed by atoms with Crippen LogP contribution >= 0.6 is 0 Å². The van der Waals surface area contributed by atoms with Crippen LogP contribution in [0.4, 0.5) is 0 Å². The molecule has 0 saturated heterocycles. The van der Waals surface area contributed by atoms with Crippen molar-refractivity contribution < 1.29 is 5.11 Å². The molecule has 2 aliphatic rings. The highest BCUT2D eigenvalue weighted by atomic mass is 16.3. The summed E-state index contributed by atoms with van der Waals surface area (Å²) in [5.74, 6) is 1.93. The van der Waals surface area contributed by atoms with Crippen LogP contribution in [0.25, 0.3) is 0 Å². The Balaban J connectivity index is 1.92. The summed E-state index contributed by atoms with van der Waals surface area (Å²) in [4.78, 5) is 0. The van der Waals surface area contributed by atoms with E-state index in [0.29, 0.717) is 0 Å². The number of aliphatic hydroxyl groups excluding tert-OH is 1. The second-order valence-corrected chi connectivity index (χ2v) is 3.58. The number of hydrogen-bond acceptors (Lipinski definition) is 1. The molecule has 2 saturated carbocycles. The molecule has 0 unspecified atom stereocenters. The molecule has 1 nitrogen and oxygen atoms in total. The van der Waals surface area contributed by atoms with Crippen molar-refractivity contribution in [3.05, 3.63) is 0 Å². The topological polar surface area (TPSA) is 20.2 Å². The molecule has 0 aromatic heterocycles. The Morgan fingerprint density at radius 3 is 2.78 bits per heavy atom. The summed E-state index contributed by atoms with van der Waals surface area (Å²) in [6.45, 7) is 0. The van der Waals surface area contributed by atoms with Crippen LogP contribution in [0.1, 0.15) is 32.1 Å². The van der Waals surface area contributed by atoms with Crippen LogP contribution in [0.5, 0.6) is 0 Å². The zero-order chi connectivity index (χ0) is 6.27. The second kappa shape index (κ2) is 1.98. The molecule has 0 aromatic rings. The van der Waals surface area contributed by atoms with E-state index in [2.05, 4.69) is 0 Å². The van der Waals surface area contributed by atoms with Crippen molar-refractivity contribution in [1.82, 2.24) is 0 Å². The van der Waals surface area contributed by atoms with E-state index in [4.69, 9.17) is 0 Å². The highest BCUT2D eigenvalue weighted by Gasteiger charge is 2.39. The van der Waals surface area contributed by atoms with Gasteiger partial charge in [0.1, 0.15) is 0 Å². The molecular formula is C8H14O. The first-order valence-electron chi connectivity index (χ1n) is 4.04. The normalized spacial score (nSPS) is 49.7. The van der Waals surface area contributed by atoms with E-state index in [0.717, 1.165) is 24.7 Å². The van der Waals surface area contributed by atoms with Crippen LogP contribution in [0.15, 0.2) is 0 Å². The standard InChI is InChI=1S/C8H14O/c9-8-3-1-2-6-4-7(6)5-8/h6-9H,1-5H2/t6-,7-,8+/m1/s1. The zero-order valence-electron chi connectivity index (χ0n) is 5.71. The highest BCUT2D eigenvalue weighted by Crippen LogP contribution is 2.47. The molecule has 3 atom stereocenters. The monoisotopic (exact) mass is 126 g/mol. The zero-order valence-corrected chi connectivity index (χ0v) is 5.71. The van der Waals surface area contributed by atoms with E-state index >= 15 is 0 Å². The van der Waals surface area contributed by atoms with Crippen molar-refractivity contribution in [3.8, 4) is 0 Å². The fraction of sp³-hybridized carbons (Fsp3) is 1.00. The van der Waals surface area contributed by atoms with Crippen LogP contribution in [0.2, 0.25) is 0 Å². The van der Waals surface area contributed by atoms with Gasteiger partial charge < -0.3 is 5.11 Å². The van der Waals surface area contributed by atoms with E-state index in [1.807, 2.05) is 0 Å². The predicted molar refractivity (Wildman–Crippen MR) is 36.1 cm³/mol. The lowest BCUT2D eigenvalue weighted by Crippen LogP contribution is -2.04. The summed E-state index contributed by atoms with van der Waals surface area (Å²) >= 11 is 0. The van der Waals surface area contributed by atoms with E-state index in [1.165, 1.54) is 19.3 Å². The molecule has 1 heteroatoms. The minimum atomic E-state index is 0.0440. The first-order valence-corrected chi connectivity index (χ1v) is 4.04. The summed E-state index contributed by atoms with van der Waals surface area (Å²) < 4.78 is 0. The van der Waals surface area contributed by atoms with Gasteiger partial charge >= 0.3 is 0 Å². The molecular weight excluding hydrogens is 112 g/mol. The Bertz CT molecular complexity index is 111. The lowest BCUT2D eigenvalue weighted by atomic mass is 10.1. The minimum absolute atomic E-state index is 0.0440. The van der Waals surface area contributed by atoms with Crippen LogP contribution in [0, 0.1) is 11.8 Å². The molecule has 0 amide bonds. The molecule has 2 rings (SSSR count). The van der Waals surface area contributed by atoms with Gasteiger partial charge in [0.2, 0.25) is 0 Å². The molecule has 0 spiro atoms. The summed E-state index contributed by atoms with van der Waals surface area (Å²) in [6, 6.07) is 0. The fourth-order valence-electron chi connectivity index (χ4n) is 2.04. The largest absolute Gasteiger partial charge is 0.393 e. The maximum Gasteiger partial charge on any atom is 0.0543 e. The van der Waals surface area contributed by atoms with Gasteiger partial charge in [0, 0.05) is 0 Å². The van der Waals surface area contributed by atoms with Gasteiger partial charge in [-0.3, -0.25) is 0 Å². The van der Waals surface area contributed by atoms with Crippen LogP contribution in [0.3, 0.4) is 0 Å². The Morgan fingerprint density at radius 1 is 1.00 bits per heavy atom. The maximum atomic E-state index is 9.29. The highest BCUT2D eigenvalue weighted by molar-refractivity contribution is 4.90. The van der Waals surface area contributed by atoms with E-state index < -0.39 is 0 Å². The van der Waals surface area contributed by atoms with Crippen molar-refractivity contribution in [3.63, 3.8) is 0 Å². The van der Waals surface area contributed by atoms with Crippen molar-refractivity contribution in [2.75, 3.05) is 0 Å². The molecule has 0 aromatic carbocycles. The summed E-state index contributed by atoms with van der Waals surface area (Å²) in [7, 11) is 0. The van der Waals surface area contributed by atoms with Gasteiger partial charge in [-0.2, -0.15) is 0 Å². The van der Waals surface area contributed by atoms with Gasteiger partial charge in [0.25, 0.3) is 0 Å². The minimum Gasteiger partial charge on any atom is -0.393 e. The Labute approximate surface area is 56.1 Å². The third-order valence-electron chi connectivity index (χ3n) is 2.76. The third-order valence-corrected chi connectivity index (χ3v) is 2.76. The van der Waals surface area contributed by atoms with Crippen LogP contribution < -0.4 is 0 Å². The third kappa shape index (κ3) is 1.11. The first-order chi connectivity index (χ1) is 4.36. The molecule has 0 radical (unpaired) electrons. The Morgan fingerprint density at radius 2 is 1.89 bits per heavy atom. The molecule has 1 N–H and O–H groups in total. The molecule has 2 aliphatic carbocycles. The van der Waals surface area contributed by atoms with Gasteiger partial charge in [0.05, 0.1) is 6.10 Å². The first kappa shape index (κ1) is 5.72. The lowest BCUT2D eigenvalue weighted by Gasteiger charge is -2.04. The van der Waals surface area contributed by atoms with Crippen molar-refractivity contribution in [2.24, 2.45) is 11.8 Å². The molecule has 0 heterocycles. The average Bonchev–Trinajstić information content (AvgIpc) is 2.43. The summed E-state index contributed by atoms with van der Waals surface area (Å²) in [5.41, 5.74) is 0. The van der Waals surface area contributed by atoms with Gasteiger partial charge in [-0.15, -0.1) is 0 Å². The van der Waals surface area contributed by atoms with Crippen LogP contribution in [-0.2, 0) is 0 Å². The second-order valence-electron chi connectivity index (χ2n) is 3.58. The van der Waals surface area contributed by atoms with E-state index in [-0.39, 0.29) is 6.10 Å². The van der Waals surface area contributed by atoms with E-state index in [9.17, 15) is 5.11 Å². The Kier molecular flexibility index (Phi) is 1.26. The summed E-state index contributed by atoms with van der Waals surface area (Å²) in [5, 5.41) is 9.29. The number of rotatable bonds is 0. The molecule has 9 heavy (non-hydrogen) atoms. The fourth-order valence-corrected chi connectivity index (χ4v) is 2.04. The van der Waals surface area contributed by atoms with Crippen molar-refractivity contribution in [2.45, 2.75) is 38.2 Å². The van der Waals surface area contributed by atoms with Gasteiger partial charge in [-0.1, -0.05) is 12.8 Å². The molecule has 0 aliphatic heterocycles. The van der Waals surface area contributed by atoms with Gasteiger partial charge in [0.15, 0.2) is 0 Å². The Hall–Kier alpha value is -0.0400. The number of aliphatic hydroxyl groups is 1. The number of hydrogen-bond donors (Lipinski definition) is 1. The lowest BCUT2D eigenvalue weighted by molar-refractivity contribution is 0.150. The number of fused-ring (bicyclic) bond motifs is 1.